The number of aromatic nitrogens is 3. The van der Waals surface area contributed by atoms with E-state index in [4.69, 9.17) is 20.3 Å². The van der Waals surface area contributed by atoms with E-state index in [1.807, 2.05) is 0 Å². The van der Waals surface area contributed by atoms with Gasteiger partial charge in [0.15, 0.2) is 17.8 Å². The second-order valence-electron chi connectivity index (χ2n) is 6.01. The van der Waals surface area contributed by atoms with E-state index in [-0.39, 0.29) is 0 Å². The summed E-state index contributed by atoms with van der Waals surface area (Å²) < 4.78 is 34.0. The Balaban J connectivity index is 1.75. The minimum Gasteiger partial charge on any atom is -0.397 e. The highest BCUT2D eigenvalue weighted by molar-refractivity contribution is 7.70. The van der Waals surface area contributed by atoms with Crippen LogP contribution in [0.15, 0.2) is 18.6 Å². The summed E-state index contributed by atoms with van der Waals surface area (Å²) in [6, 6.07) is 1.54. The van der Waals surface area contributed by atoms with Crippen molar-refractivity contribution in [2.75, 3.05) is 18.2 Å². The second-order valence-corrected chi connectivity index (χ2v) is 10.0. The minimum absolute atomic E-state index is 0.294. The molecule has 0 spiro atoms. The molecule has 27 heavy (non-hydrogen) atoms. The molecule has 0 aromatic carbocycles. The number of nitrogens with zero attached hydrogens (tertiary/aromatic N) is 3. The molecular weight excluding hydrogens is 406 g/mol. The number of aliphatic hydroxyl groups excluding tert-OH is 2. The molecule has 2 aromatic heterocycles. The highest BCUT2D eigenvalue weighted by Gasteiger charge is 2.45. The molecule has 0 bridgehead atoms. The Labute approximate surface area is 152 Å². The summed E-state index contributed by atoms with van der Waals surface area (Å²) in [6.07, 6.45) is -2.57. The number of hydrogen-bond acceptors (Lipinski definition) is 9. The SMILES string of the molecule is Nc1ccnc2c1ncn2[C@@H]1O[C@H](COP(=O)(O)CP(=O)(O)O)[C@@H](O)[C@H]1O. The summed E-state index contributed by atoms with van der Waals surface area (Å²) in [4.78, 5) is 35.2. The number of fused-ring (bicyclic) bond motifs is 1. The number of imidazole rings is 1. The number of hydrogen-bond donors (Lipinski definition) is 6. The molecule has 13 nitrogen and oxygen atoms in total. The first-order valence-corrected chi connectivity index (χ1v) is 11.1. The lowest BCUT2D eigenvalue weighted by Crippen LogP contribution is -2.33. The maximum atomic E-state index is 11.7. The van der Waals surface area contributed by atoms with Crippen LogP contribution in [0.1, 0.15) is 6.23 Å². The molecule has 1 aliphatic rings. The van der Waals surface area contributed by atoms with Gasteiger partial charge in [0, 0.05) is 6.20 Å². The maximum absolute atomic E-state index is 11.7. The summed E-state index contributed by atoms with van der Waals surface area (Å²) in [5, 5.41) is 20.4. The smallest absolute Gasteiger partial charge is 0.340 e. The molecule has 1 saturated heterocycles. The highest BCUT2D eigenvalue weighted by atomic mass is 31.2. The fraction of sp³-hybridized carbons (Fsp3) is 0.500. The largest absolute Gasteiger partial charge is 0.397 e. The van der Waals surface area contributed by atoms with Crippen LogP contribution in [0.3, 0.4) is 0 Å². The van der Waals surface area contributed by atoms with Gasteiger partial charge in [-0.1, -0.05) is 0 Å². The van der Waals surface area contributed by atoms with Gasteiger partial charge in [-0.3, -0.25) is 13.7 Å². The van der Waals surface area contributed by atoms with Gasteiger partial charge >= 0.3 is 15.2 Å². The molecule has 5 atom stereocenters. The third-order valence-corrected chi connectivity index (χ3v) is 7.36. The van der Waals surface area contributed by atoms with Crippen LogP contribution in [0.4, 0.5) is 5.69 Å². The lowest BCUT2D eigenvalue weighted by atomic mass is 10.1. The Morgan fingerprint density at radius 1 is 1.22 bits per heavy atom. The lowest BCUT2D eigenvalue weighted by molar-refractivity contribution is -0.0483. The maximum Gasteiger partial charge on any atom is 0.340 e. The lowest BCUT2D eigenvalue weighted by Gasteiger charge is -2.18. The van der Waals surface area contributed by atoms with E-state index in [1.165, 1.54) is 23.2 Å². The summed E-state index contributed by atoms with van der Waals surface area (Å²) in [5.74, 6) is -1.37. The van der Waals surface area contributed by atoms with E-state index in [9.17, 15) is 24.2 Å². The Bertz CT molecular complexity index is 931. The molecule has 3 heterocycles. The minimum atomic E-state index is -4.78. The Hall–Kier alpha value is -1.40. The van der Waals surface area contributed by atoms with Crippen molar-refractivity contribution < 1.29 is 43.3 Å². The van der Waals surface area contributed by atoms with Crippen molar-refractivity contribution in [3.63, 3.8) is 0 Å². The number of ether oxygens (including phenoxy) is 1. The quantitative estimate of drug-likeness (QED) is 0.307. The Kier molecular flexibility index (Phi) is 5.43. The molecule has 0 aliphatic carbocycles. The van der Waals surface area contributed by atoms with Crippen molar-refractivity contribution in [1.82, 2.24) is 14.5 Å². The normalized spacial score (nSPS) is 28.5. The molecule has 1 fully saturated rings. The van der Waals surface area contributed by atoms with Gasteiger partial charge in [0.1, 0.15) is 23.8 Å². The van der Waals surface area contributed by atoms with Crippen molar-refractivity contribution in [3.05, 3.63) is 18.6 Å². The van der Waals surface area contributed by atoms with Crippen LogP contribution in [0.5, 0.6) is 0 Å². The predicted octanol–water partition coefficient (Wildman–Crippen LogP) is -1.03. The van der Waals surface area contributed by atoms with Gasteiger partial charge < -0.3 is 39.9 Å². The highest BCUT2D eigenvalue weighted by Crippen LogP contribution is 2.55. The molecule has 1 unspecified atom stereocenters. The standard InChI is InChI=1S/C12H18N4O9P2/c13-6-1-2-14-11-8(6)15-4-16(11)12-10(18)9(17)7(25-12)3-24-27(22,23)5-26(19,20)21/h1-2,4,7,9-10,12,17-18H,3,5H2,(H2,13,14)(H,22,23)(H2,19,20,21)/t7-,9-,10-,12-/m1/s1. The average Bonchev–Trinajstić information content (AvgIpc) is 3.07. The Morgan fingerprint density at radius 2 is 1.93 bits per heavy atom. The summed E-state index contributed by atoms with van der Waals surface area (Å²) in [7, 11) is -9.41. The second kappa shape index (κ2) is 7.21. The third kappa shape index (κ3) is 4.37. The molecular formula is C12H18N4O9P2. The molecule has 0 saturated carbocycles. The molecule has 0 amide bonds. The first-order chi connectivity index (χ1) is 12.5. The third-order valence-electron chi connectivity index (χ3n) is 3.91. The van der Waals surface area contributed by atoms with Gasteiger partial charge in [-0.05, 0) is 6.07 Å². The van der Waals surface area contributed by atoms with Gasteiger partial charge in [-0.15, -0.1) is 0 Å². The topological polar surface area (TPSA) is 210 Å². The Morgan fingerprint density at radius 3 is 2.59 bits per heavy atom. The molecule has 7 N–H and O–H groups in total. The fourth-order valence-corrected chi connectivity index (χ4v) is 5.27. The van der Waals surface area contributed by atoms with Crippen molar-refractivity contribution >= 4 is 32.0 Å². The van der Waals surface area contributed by atoms with Gasteiger partial charge in [0.2, 0.25) is 0 Å². The van der Waals surface area contributed by atoms with Crippen LogP contribution in [0.2, 0.25) is 0 Å². The molecule has 1 aliphatic heterocycles. The van der Waals surface area contributed by atoms with E-state index >= 15 is 0 Å². The predicted molar refractivity (Wildman–Crippen MR) is 90.6 cm³/mol. The van der Waals surface area contributed by atoms with Crippen LogP contribution in [-0.2, 0) is 18.4 Å². The molecule has 15 heteroatoms. The van der Waals surface area contributed by atoms with Crippen molar-refractivity contribution in [2.45, 2.75) is 24.5 Å². The first-order valence-electron chi connectivity index (χ1n) is 7.58. The number of nitrogens with two attached hydrogens (primary N) is 1. The van der Waals surface area contributed by atoms with Crippen LogP contribution in [0, 0.1) is 0 Å². The van der Waals surface area contributed by atoms with Gasteiger partial charge in [-0.25, -0.2) is 9.97 Å². The number of anilines is 1. The summed E-state index contributed by atoms with van der Waals surface area (Å²) in [6.45, 7) is -0.676. The average molecular weight is 424 g/mol. The van der Waals surface area contributed by atoms with Gasteiger partial charge in [0.05, 0.1) is 18.6 Å². The number of pyridine rings is 1. The number of nitrogen functional groups attached to an aromatic ring is 1. The van der Waals surface area contributed by atoms with Crippen molar-refractivity contribution in [2.24, 2.45) is 0 Å². The number of aliphatic hydroxyl groups is 2. The summed E-state index contributed by atoms with van der Waals surface area (Å²) in [5.41, 5.74) is 6.80. The van der Waals surface area contributed by atoms with E-state index < -0.39 is 52.2 Å². The van der Waals surface area contributed by atoms with Crippen LogP contribution in [-0.4, -0.2) is 70.3 Å². The molecule has 150 valence electrons. The van der Waals surface area contributed by atoms with Gasteiger partial charge in [0.25, 0.3) is 0 Å². The zero-order chi connectivity index (χ0) is 20.0. The molecule has 3 rings (SSSR count). The van der Waals surface area contributed by atoms with Crippen molar-refractivity contribution in [3.8, 4) is 0 Å². The van der Waals surface area contributed by atoms with E-state index in [1.54, 1.807) is 0 Å². The zero-order valence-electron chi connectivity index (χ0n) is 13.6. The van der Waals surface area contributed by atoms with Gasteiger partial charge in [-0.2, -0.15) is 0 Å². The summed E-state index contributed by atoms with van der Waals surface area (Å²) >= 11 is 0. The van der Waals surface area contributed by atoms with Crippen LogP contribution < -0.4 is 5.73 Å². The fourth-order valence-electron chi connectivity index (χ4n) is 2.70. The van der Waals surface area contributed by atoms with Crippen LogP contribution in [0.25, 0.3) is 11.2 Å². The first kappa shape index (κ1) is 20.3. The van der Waals surface area contributed by atoms with E-state index in [0.29, 0.717) is 16.9 Å². The van der Waals surface area contributed by atoms with E-state index in [0.717, 1.165) is 0 Å². The zero-order valence-corrected chi connectivity index (χ0v) is 15.4. The van der Waals surface area contributed by atoms with Crippen molar-refractivity contribution in [1.29, 1.82) is 0 Å². The van der Waals surface area contributed by atoms with E-state index in [2.05, 4.69) is 14.5 Å². The monoisotopic (exact) mass is 424 g/mol. The van der Waals surface area contributed by atoms with Crippen LogP contribution >= 0.6 is 15.2 Å². The molecule has 2 aromatic rings. The number of rotatable bonds is 6. The molecule has 0 radical (unpaired) electrons.